The maximum atomic E-state index is 12.0. The van der Waals surface area contributed by atoms with Gasteiger partial charge in [-0.3, -0.25) is 4.79 Å². The number of nitrogens with zero attached hydrogens (tertiary/aromatic N) is 1. The third-order valence-electron chi connectivity index (χ3n) is 3.11. The van der Waals surface area contributed by atoms with Crippen LogP contribution in [0.2, 0.25) is 5.22 Å². The molecule has 1 saturated heterocycles. The zero-order valence-corrected chi connectivity index (χ0v) is 9.78. The Morgan fingerprint density at radius 1 is 1.69 bits per heavy atom. The first-order valence-electron chi connectivity index (χ1n) is 5.30. The molecule has 2 unspecified atom stereocenters. The molecule has 1 fully saturated rings. The second kappa shape index (κ2) is 4.47. The first-order chi connectivity index (χ1) is 7.63. The Morgan fingerprint density at radius 3 is 3.00 bits per heavy atom. The molecule has 88 valence electrons. The fourth-order valence-electron chi connectivity index (χ4n) is 2.11. The van der Waals surface area contributed by atoms with Crippen molar-refractivity contribution < 1.29 is 14.3 Å². The van der Waals surface area contributed by atoms with Crippen LogP contribution >= 0.6 is 11.6 Å². The van der Waals surface area contributed by atoms with E-state index in [0.29, 0.717) is 12.5 Å². The van der Waals surface area contributed by atoms with Crippen LogP contribution in [0.15, 0.2) is 16.5 Å². The van der Waals surface area contributed by atoms with E-state index >= 15 is 0 Å². The van der Waals surface area contributed by atoms with E-state index in [1.54, 1.807) is 17.0 Å². The number of carbonyl (C=O) groups excluding carboxylic acids is 1. The van der Waals surface area contributed by atoms with E-state index in [1.807, 2.05) is 6.92 Å². The molecule has 1 aromatic heterocycles. The van der Waals surface area contributed by atoms with E-state index in [0.717, 1.165) is 6.42 Å². The number of furan rings is 1. The summed E-state index contributed by atoms with van der Waals surface area (Å²) in [6.45, 7) is 2.67. The minimum atomic E-state index is -0.199. The minimum absolute atomic E-state index is 0.0126. The second-order valence-electron chi connectivity index (χ2n) is 4.12. The molecule has 1 N–H and O–H groups in total. The molecule has 0 aliphatic carbocycles. The highest BCUT2D eigenvalue weighted by Crippen LogP contribution is 2.26. The quantitative estimate of drug-likeness (QED) is 0.862. The molecule has 4 nitrogen and oxygen atoms in total. The van der Waals surface area contributed by atoms with E-state index in [-0.39, 0.29) is 29.5 Å². The number of aliphatic hydroxyl groups excluding tert-OH is 1. The predicted octanol–water partition coefficient (Wildman–Crippen LogP) is 1.78. The van der Waals surface area contributed by atoms with Gasteiger partial charge in [-0.1, -0.05) is 6.92 Å². The van der Waals surface area contributed by atoms with Crippen LogP contribution in [-0.4, -0.2) is 35.1 Å². The average Bonchev–Trinajstić information content (AvgIpc) is 2.83. The van der Waals surface area contributed by atoms with Gasteiger partial charge in [-0.25, -0.2) is 0 Å². The van der Waals surface area contributed by atoms with E-state index in [1.165, 1.54) is 0 Å². The number of rotatable bonds is 2. The largest absolute Gasteiger partial charge is 0.440 e. The lowest BCUT2D eigenvalue weighted by molar-refractivity contribution is 0.0617. The Kier molecular flexibility index (Phi) is 3.21. The van der Waals surface area contributed by atoms with Crippen LogP contribution in [0.4, 0.5) is 0 Å². The van der Waals surface area contributed by atoms with E-state index in [4.69, 9.17) is 16.0 Å². The molecule has 0 bridgehead atoms. The smallest absolute Gasteiger partial charge is 0.289 e. The van der Waals surface area contributed by atoms with Crippen molar-refractivity contribution in [3.05, 3.63) is 23.1 Å². The molecule has 16 heavy (non-hydrogen) atoms. The fourth-order valence-corrected chi connectivity index (χ4v) is 2.26. The summed E-state index contributed by atoms with van der Waals surface area (Å²) < 4.78 is 5.08. The van der Waals surface area contributed by atoms with Crippen LogP contribution in [0.1, 0.15) is 23.9 Å². The van der Waals surface area contributed by atoms with Gasteiger partial charge in [-0.15, -0.1) is 0 Å². The van der Waals surface area contributed by atoms with Gasteiger partial charge in [0.2, 0.25) is 0 Å². The highest BCUT2D eigenvalue weighted by atomic mass is 35.5. The zero-order chi connectivity index (χ0) is 11.7. The van der Waals surface area contributed by atoms with Gasteiger partial charge in [-0.2, -0.15) is 0 Å². The summed E-state index contributed by atoms with van der Waals surface area (Å²) in [7, 11) is 0. The van der Waals surface area contributed by atoms with Crippen LogP contribution in [0.5, 0.6) is 0 Å². The lowest BCUT2D eigenvalue weighted by Gasteiger charge is -2.24. The predicted molar refractivity (Wildman–Crippen MR) is 59.4 cm³/mol. The zero-order valence-electron chi connectivity index (χ0n) is 9.02. The molecule has 1 aliphatic rings. The Labute approximate surface area is 98.8 Å². The number of halogens is 1. The lowest BCUT2D eigenvalue weighted by atomic mass is 10.0. The van der Waals surface area contributed by atoms with Crippen LogP contribution in [0.25, 0.3) is 0 Å². The molecule has 1 aliphatic heterocycles. The summed E-state index contributed by atoms with van der Waals surface area (Å²) in [6, 6.07) is 2.99. The summed E-state index contributed by atoms with van der Waals surface area (Å²) in [5, 5.41) is 9.46. The van der Waals surface area contributed by atoms with Crippen molar-refractivity contribution >= 4 is 17.5 Å². The van der Waals surface area contributed by atoms with Crippen LogP contribution in [0, 0.1) is 5.92 Å². The molecule has 1 amide bonds. The summed E-state index contributed by atoms with van der Waals surface area (Å²) in [5.74, 6) is 0.354. The van der Waals surface area contributed by atoms with Gasteiger partial charge in [0.25, 0.3) is 5.91 Å². The number of hydrogen-bond acceptors (Lipinski definition) is 3. The number of likely N-dealkylation sites (tertiary alicyclic amines) is 1. The number of hydrogen-bond donors (Lipinski definition) is 1. The Hall–Kier alpha value is -1.00. The Bertz CT molecular complexity index is 390. The average molecular weight is 244 g/mol. The van der Waals surface area contributed by atoms with Crippen molar-refractivity contribution in [1.29, 1.82) is 0 Å². The molecule has 0 spiro atoms. The number of aliphatic hydroxyl groups is 1. The molecule has 1 aromatic rings. The standard InChI is InChI=1S/C11H14ClNO3/c1-7-4-5-13(8(7)6-14)11(15)9-2-3-10(12)16-9/h2-3,7-8,14H,4-6H2,1H3. The first-order valence-corrected chi connectivity index (χ1v) is 5.68. The summed E-state index contributed by atoms with van der Waals surface area (Å²) >= 11 is 5.62. The van der Waals surface area contributed by atoms with Gasteiger partial charge in [0, 0.05) is 6.54 Å². The van der Waals surface area contributed by atoms with E-state index in [2.05, 4.69) is 0 Å². The van der Waals surface area contributed by atoms with E-state index < -0.39 is 0 Å². The topological polar surface area (TPSA) is 53.7 Å². The third-order valence-corrected chi connectivity index (χ3v) is 3.32. The van der Waals surface area contributed by atoms with Crippen molar-refractivity contribution in [3.63, 3.8) is 0 Å². The molecule has 0 aromatic carbocycles. The summed E-state index contributed by atoms with van der Waals surface area (Å²) in [6.07, 6.45) is 0.908. The molecular weight excluding hydrogens is 230 g/mol. The van der Waals surface area contributed by atoms with Gasteiger partial charge in [-0.05, 0) is 36.1 Å². The van der Waals surface area contributed by atoms with Crippen molar-refractivity contribution in [2.45, 2.75) is 19.4 Å². The maximum Gasteiger partial charge on any atom is 0.289 e. The Balaban J connectivity index is 2.16. The SMILES string of the molecule is CC1CCN(C(=O)c2ccc(Cl)o2)C1CO. The lowest BCUT2D eigenvalue weighted by Crippen LogP contribution is -2.39. The highest BCUT2D eigenvalue weighted by Gasteiger charge is 2.35. The molecule has 5 heteroatoms. The first kappa shape index (κ1) is 11.5. The molecule has 0 saturated carbocycles. The molecule has 2 rings (SSSR count). The van der Waals surface area contributed by atoms with Gasteiger partial charge in [0.15, 0.2) is 11.0 Å². The summed E-state index contributed by atoms with van der Waals surface area (Å²) in [5.41, 5.74) is 0. The molecule has 0 radical (unpaired) electrons. The fraction of sp³-hybridized carbons (Fsp3) is 0.545. The van der Waals surface area contributed by atoms with Gasteiger partial charge in [0.1, 0.15) is 0 Å². The molecular formula is C11H14ClNO3. The van der Waals surface area contributed by atoms with Gasteiger partial charge < -0.3 is 14.4 Å². The van der Waals surface area contributed by atoms with Gasteiger partial charge in [0.05, 0.1) is 12.6 Å². The van der Waals surface area contributed by atoms with Crippen LogP contribution in [0.3, 0.4) is 0 Å². The molecule has 2 atom stereocenters. The van der Waals surface area contributed by atoms with Crippen LogP contribution < -0.4 is 0 Å². The summed E-state index contributed by atoms with van der Waals surface area (Å²) in [4.78, 5) is 13.7. The number of amides is 1. The monoisotopic (exact) mass is 243 g/mol. The normalized spacial score (nSPS) is 25.1. The third kappa shape index (κ3) is 1.95. The highest BCUT2D eigenvalue weighted by molar-refractivity contribution is 6.29. The molecule has 2 heterocycles. The van der Waals surface area contributed by atoms with Crippen LogP contribution in [-0.2, 0) is 0 Å². The number of carbonyl (C=O) groups is 1. The van der Waals surface area contributed by atoms with E-state index in [9.17, 15) is 9.90 Å². The second-order valence-corrected chi connectivity index (χ2v) is 4.49. The van der Waals surface area contributed by atoms with Crippen molar-refractivity contribution in [2.24, 2.45) is 5.92 Å². The van der Waals surface area contributed by atoms with Crippen molar-refractivity contribution in [3.8, 4) is 0 Å². The minimum Gasteiger partial charge on any atom is -0.440 e. The Morgan fingerprint density at radius 2 is 2.44 bits per heavy atom. The van der Waals surface area contributed by atoms with Crippen molar-refractivity contribution in [1.82, 2.24) is 4.90 Å². The maximum absolute atomic E-state index is 12.0. The van der Waals surface area contributed by atoms with Gasteiger partial charge >= 0.3 is 0 Å². The van der Waals surface area contributed by atoms with Crippen molar-refractivity contribution in [2.75, 3.05) is 13.2 Å².